The molecule has 1 saturated heterocycles. The van der Waals surface area contributed by atoms with E-state index in [0.717, 1.165) is 53.1 Å². The van der Waals surface area contributed by atoms with E-state index in [4.69, 9.17) is 0 Å². The van der Waals surface area contributed by atoms with Crippen molar-refractivity contribution in [2.45, 2.75) is 51.5 Å². The molecule has 0 spiro atoms. The molecule has 7 rings (SSSR count). The highest BCUT2D eigenvalue weighted by atomic mass is 16.2. The smallest absolute Gasteiger partial charge is 0.264 e. The van der Waals surface area contributed by atoms with Crippen LogP contribution in [0, 0.1) is 18.8 Å². The number of nitrogens with one attached hydrogen (secondary N) is 4. The van der Waals surface area contributed by atoms with E-state index in [1.54, 1.807) is 36.8 Å². The van der Waals surface area contributed by atoms with E-state index in [1.807, 2.05) is 43.3 Å². The number of amides is 5. The molecule has 2 aliphatic heterocycles. The molecule has 0 bridgehead atoms. The fourth-order valence-electron chi connectivity index (χ4n) is 6.84. The maximum Gasteiger partial charge on any atom is 0.264 e. The summed E-state index contributed by atoms with van der Waals surface area (Å²) in [6.45, 7) is 2.54. The Hall–Kier alpha value is -5.98. The SMILES string of the molecule is Cc1ccc(NC(=O)C2CCC(CNc3cccc4c3C(=O)N(C3CCC(=O)NC3=O)C4=O)CC2)cc1Nc1nccc(-c2cccnc2)n1. The van der Waals surface area contributed by atoms with Gasteiger partial charge in [-0.25, -0.2) is 9.97 Å². The van der Waals surface area contributed by atoms with Crippen LogP contribution in [0.25, 0.3) is 11.3 Å². The van der Waals surface area contributed by atoms with Crippen molar-refractivity contribution in [2.75, 3.05) is 22.5 Å². The molecule has 1 atom stereocenters. The standard InChI is InChI=1S/C37H36N8O5/c1-21-7-12-25(18-29(21)43-37-39-17-15-27(42-37)24-4-3-16-38-20-24)41-33(47)23-10-8-22(9-11-23)19-40-28-6-2-5-26-32(28)36(50)45(35(26)49)30-13-14-31(46)44-34(30)48/h2-7,12,15-18,20,22-23,30,40H,8-11,13-14,19H2,1H3,(H,41,47)(H,39,42,43)(H,44,46,48). The predicted molar refractivity (Wildman–Crippen MR) is 185 cm³/mol. The van der Waals surface area contributed by atoms with Crippen LogP contribution in [0.5, 0.6) is 0 Å². The van der Waals surface area contributed by atoms with Gasteiger partial charge in [-0.2, -0.15) is 0 Å². The summed E-state index contributed by atoms with van der Waals surface area (Å²) in [6.07, 6.45) is 8.40. The van der Waals surface area contributed by atoms with Crippen LogP contribution in [0.15, 0.2) is 73.2 Å². The number of pyridine rings is 1. The number of benzene rings is 2. The number of fused-ring (bicyclic) bond motifs is 1. The molecule has 2 aromatic heterocycles. The number of imide groups is 2. The molecule has 2 aromatic carbocycles. The summed E-state index contributed by atoms with van der Waals surface area (Å²) in [7, 11) is 0. The fraction of sp³-hybridized carbons (Fsp3) is 0.297. The summed E-state index contributed by atoms with van der Waals surface area (Å²) in [5.41, 5.74) is 5.09. The van der Waals surface area contributed by atoms with Crippen LogP contribution in [0.4, 0.5) is 23.0 Å². The van der Waals surface area contributed by atoms with Crippen molar-refractivity contribution in [3.8, 4) is 11.3 Å². The molecule has 254 valence electrons. The quantitative estimate of drug-likeness (QED) is 0.180. The topological polar surface area (TPSA) is 175 Å². The second-order valence-corrected chi connectivity index (χ2v) is 12.9. The van der Waals surface area contributed by atoms with E-state index in [0.29, 0.717) is 23.9 Å². The maximum atomic E-state index is 13.4. The average molecular weight is 673 g/mol. The van der Waals surface area contributed by atoms with Crippen LogP contribution in [0.1, 0.15) is 64.8 Å². The summed E-state index contributed by atoms with van der Waals surface area (Å²) in [5.74, 6) is -1.57. The van der Waals surface area contributed by atoms with Crippen molar-refractivity contribution < 1.29 is 24.0 Å². The van der Waals surface area contributed by atoms with Crippen molar-refractivity contribution in [3.63, 3.8) is 0 Å². The number of hydrogen-bond acceptors (Lipinski definition) is 10. The van der Waals surface area contributed by atoms with Crippen molar-refractivity contribution in [1.82, 2.24) is 25.2 Å². The Labute approximate surface area is 288 Å². The van der Waals surface area contributed by atoms with Gasteiger partial charge in [0.25, 0.3) is 11.8 Å². The first-order chi connectivity index (χ1) is 24.2. The Balaban J connectivity index is 0.931. The maximum absolute atomic E-state index is 13.4. The van der Waals surface area contributed by atoms with Crippen molar-refractivity contribution in [3.05, 3.63) is 89.9 Å². The predicted octanol–water partition coefficient (Wildman–Crippen LogP) is 4.85. The molecule has 13 heteroatoms. The minimum absolute atomic E-state index is 0.0282. The number of carbonyl (C=O) groups excluding carboxylic acids is 5. The van der Waals surface area contributed by atoms with Crippen LogP contribution in [0.3, 0.4) is 0 Å². The zero-order chi connectivity index (χ0) is 34.8. The zero-order valence-corrected chi connectivity index (χ0v) is 27.4. The van der Waals surface area contributed by atoms with Gasteiger partial charge in [-0.1, -0.05) is 12.1 Å². The molecule has 1 aliphatic carbocycles. The highest BCUT2D eigenvalue weighted by molar-refractivity contribution is 6.25. The number of piperidine rings is 1. The lowest BCUT2D eigenvalue weighted by molar-refractivity contribution is -0.136. The first kappa shape index (κ1) is 32.6. The molecule has 2 fully saturated rings. The van der Waals surface area contributed by atoms with Gasteiger partial charge < -0.3 is 16.0 Å². The molecule has 0 radical (unpaired) electrons. The molecule has 1 saturated carbocycles. The number of rotatable bonds is 9. The normalized spacial score (nSPS) is 20.3. The van der Waals surface area contributed by atoms with E-state index in [-0.39, 0.29) is 41.7 Å². The number of nitrogens with zero attached hydrogens (tertiary/aromatic N) is 4. The monoisotopic (exact) mass is 672 g/mol. The van der Waals surface area contributed by atoms with Gasteiger partial charge in [0.2, 0.25) is 23.7 Å². The number of aryl methyl sites for hydroxylation is 1. The molecule has 13 nitrogen and oxygen atoms in total. The highest BCUT2D eigenvalue weighted by Gasteiger charge is 2.45. The van der Waals surface area contributed by atoms with Gasteiger partial charge in [-0.15, -0.1) is 0 Å². The number of anilines is 4. The lowest BCUT2D eigenvalue weighted by Gasteiger charge is -2.29. The number of hydrogen-bond donors (Lipinski definition) is 4. The summed E-state index contributed by atoms with van der Waals surface area (Å²) in [5, 5.41) is 11.9. The largest absolute Gasteiger partial charge is 0.384 e. The molecular formula is C37H36N8O5. The third-order valence-electron chi connectivity index (χ3n) is 9.63. The molecule has 5 amide bonds. The minimum atomic E-state index is -1.01. The fourth-order valence-corrected chi connectivity index (χ4v) is 6.84. The van der Waals surface area contributed by atoms with Crippen LogP contribution < -0.4 is 21.3 Å². The van der Waals surface area contributed by atoms with E-state index in [9.17, 15) is 24.0 Å². The van der Waals surface area contributed by atoms with E-state index < -0.39 is 29.7 Å². The number of carbonyl (C=O) groups is 5. The lowest BCUT2D eigenvalue weighted by atomic mass is 9.81. The molecule has 3 aliphatic rings. The van der Waals surface area contributed by atoms with E-state index >= 15 is 0 Å². The van der Waals surface area contributed by atoms with Crippen LogP contribution in [0.2, 0.25) is 0 Å². The summed E-state index contributed by atoms with van der Waals surface area (Å²) in [4.78, 5) is 78.1. The summed E-state index contributed by atoms with van der Waals surface area (Å²) < 4.78 is 0. The molecule has 4 N–H and O–H groups in total. The van der Waals surface area contributed by atoms with Gasteiger partial charge in [0.15, 0.2) is 0 Å². The third-order valence-corrected chi connectivity index (χ3v) is 9.63. The van der Waals surface area contributed by atoms with Crippen LogP contribution in [-0.2, 0) is 14.4 Å². The lowest BCUT2D eigenvalue weighted by Crippen LogP contribution is -2.54. The molecule has 4 aromatic rings. The van der Waals surface area contributed by atoms with Crippen molar-refractivity contribution >= 4 is 52.5 Å². The Kier molecular flexibility index (Phi) is 9.03. The van der Waals surface area contributed by atoms with Crippen LogP contribution >= 0.6 is 0 Å². The second-order valence-electron chi connectivity index (χ2n) is 12.9. The molecule has 50 heavy (non-hydrogen) atoms. The first-order valence-electron chi connectivity index (χ1n) is 16.8. The van der Waals surface area contributed by atoms with Crippen molar-refractivity contribution in [2.24, 2.45) is 11.8 Å². The van der Waals surface area contributed by atoms with E-state index in [2.05, 4.69) is 36.2 Å². The van der Waals surface area contributed by atoms with Crippen molar-refractivity contribution in [1.29, 1.82) is 0 Å². The van der Waals surface area contributed by atoms with Gasteiger partial charge in [0.05, 0.1) is 16.8 Å². The minimum Gasteiger partial charge on any atom is -0.384 e. The van der Waals surface area contributed by atoms with Gasteiger partial charge in [-0.05, 0) is 93.0 Å². The zero-order valence-electron chi connectivity index (χ0n) is 27.4. The van der Waals surface area contributed by atoms with Crippen LogP contribution in [-0.4, -0.2) is 62.0 Å². The molecule has 1 unspecified atom stereocenters. The summed E-state index contributed by atoms with van der Waals surface area (Å²) in [6, 6.07) is 15.4. The number of aromatic nitrogens is 3. The van der Waals surface area contributed by atoms with Gasteiger partial charge in [-0.3, -0.25) is 39.2 Å². The Bertz CT molecular complexity index is 1990. The van der Waals surface area contributed by atoms with Gasteiger partial charge in [0.1, 0.15) is 6.04 Å². The van der Waals surface area contributed by atoms with E-state index in [1.165, 1.54) is 0 Å². The van der Waals surface area contributed by atoms with Gasteiger partial charge >= 0.3 is 0 Å². The first-order valence-corrected chi connectivity index (χ1v) is 16.8. The summed E-state index contributed by atoms with van der Waals surface area (Å²) >= 11 is 0. The Morgan fingerprint density at radius 3 is 2.54 bits per heavy atom. The Morgan fingerprint density at radius 2 is 1.76 bits per heavy atom. The Morgan fingerprint density at radius 1 is 0.920 bits per heavy atom. The average Bonchev–Trinajstić information content (AvgIpc) is 3.38. The third kappa shape index (κ3) is 6.66. The highest BCUT2D eigenvalue weighted by Crippen LogP contribution is 2.35. The molecular weight excluding hydrogens is 636 g/mol. The second kappa shape index (κ2) is 13.9. The van der Waals surface area contributed by atoms with Gasteiger partial charge in [0, 0.05) is 60.1 Å². The molecule has 4 heterocycles.